The summed E-state index contributed by atoms with van der Waals surface area (Å²) in [6.07, 6.45) is 10.0. The largest absolute Gasteiger partial charge is 0.273 e. The first-order chi connectivity index (χ1) is 20.6. The van der Waals surface area contributed by atoms with Gasteiger partial charge in [0.25, 0.3) is 0 Å². The molecule has 224 valence electrons. The molecular formula is C42H45ClZr. The average molecular weight is 676 g/mol. The summed E-state index contributed by atoms with van der Waals surface area (Å²) in [5.74, 6) is 0. The predicted molar refractivity (Wildman–Crippen MR) is 191 cm³/mol. The number of hydrogen-bond acceptors (Lipinski definition) is 0. The van der Waals surface area contributed by atoms with Crippen LogP contribution in [0.3, 0.4) is 0 Å². The number of allylic oxidation sites excluding steroid dienone is 4. The van der Waals surface area contributed by atoms with Crippen LogP contribution in [-0.4, -0.2) is 3.21 Å². The molecule has 0 unspecified atom stereocenters. The molecule has 44 heavy (non-hydrogen) atoms. The van der Waals surface area contributed by atoms with E-state index in [2.05, 4.69) is 141 Å². The van der Waals surface area contributed by atoms with E-state index in [1.54, 1.807) is 0 Å². The molecule has 0 atom stereocenters. The van der Waals surface area contributed by atoms with Crippen molar-refractivity contribution in [3.8, 4) is 0 Å². The molecular weight excluding hydrogens is 631 g/mol. The number of aryl methyl sites for hydroxylation is 3. The summed E-state index contributed by atoms with van der Waals surface area (Å²) in [6, 6.07) is 28.6. The third-order valence-electron chi connectivity index (χ3n) is 8.07. The van der Waals surface area contributed by atoms with Gasteiger partial charge in [0.05, 0.1) is 0 Å². The molecule has 1 aliphatic carbocycles. The molecule has 1 aliphatic rings. The minimum Gasteiger partial charge on any atom is -0.273 e. The summed E-state index contributed by atoms with van der Waals surface area (Å²) in [5, 5.41) is 6.34. The van der Waals surface area contributed by atoms with E-state index < -0.39 is 0 Å². The van der Waals surface area contributed by atoms with E-state index in [0.29, 0.717) is 0 Å². The van der Waals surface area contributed by atoms with Gasteiger partial charge >= 0.3 is 116 Å². The molecule has 5 aromatic rings. The van der Waals surface area contributed by atoms with Gasteiger partial charge in [0.15, 0.2) is 0 Å². The Morgan fingerprint density at radius 1 is 0.705 bits per heavy atom. The van der Waals surface area contributed by atoms with E-state index >= 15 is 0 Å². The summed E-state index contributed by atoms with van der Waals surface area (Å²) in [6.45, 7) is 20.4. The summed E-state index contributed by atoms with van der Waals surface area (Å²) in [7, 11) is 0. The molecule has 0 radical (unpaired) electrons. The van der Waals surface area contributed by atoms with Crippen LogP contribution in [0.1, 0.15) is 86.9 Å². The first-order valence-electron chi connectivity index (χ1n) is 15.4. The second kappa shape index (κ2) is 14.1. The zero-order valence-electron chi connectivity index (χ0n) is 27.8. The Morgan fingerprint density at radius 3 is 1.52 bits per heavy atom. The van der Waals surface area contributed by atoms with E-state index in [1.165, 1.54) is 87.9 Å². The molecule has 0 nitrogen and oxygen atoms in total. The van der Waals surface area contributed by atoms with Crippen LogP contribution in [0.4, 0.5) is 0 Å². The summed E-state index contributed by atoms with van der Waals surface area (Å²) in [4.78, 5) is 0. The number of fused-ring (bicyclic) bond motifs is 3. The molecule has 0 aromatic heterocycles. The van der Waals surface area contributed by atoms with Crippen LogP contribution in [0.2, 0.25) is 5.02 Å². The van der Waals surface area contributed by atoms with Crippen molar-refractivity contribution in [3.63, 3.8) is 0 Å². The van der Waals surface area contributed by atoms with Gasteiger partial charge in [0.2, 0.25) is 0 Å². The zero-order valence-corrected chi connectivity index (χ0v) is 31.0. The van der Waals surface area contributed by atoms with E-state index in [9.17, 15) is 0 Å². The van der Waals surface area contributed by atoms with Crippen molar-refractivity contribution in [2.45, 2.75) is 79.6 Å². The fourth-order valence-corrected chi connectivity index (χ4v) is 6.74. The molecule has 6 rings (SSSR count). The monoisotopic (exact) mass is 674 g/mol. The van der Waals surface area contributed by atoms with Crippen molar-refractivity contribution in [2.75, 3.05) is 0 Å². The topological polar surface area (TPSA) is 0 Å². The number of benzene rings is 4. The first-order valence-corrected chi connectivity index (χ1v) is 17.0. The summed E-state index contributed by atoms with van der Waals surface area (Å²) >= 11 is 7.30. The van der Waals surface area contributed by atoms with Crippen LogP contribution >= 0.6 is 11.6 Å². The normalized spacial score (nSPS) is 12.6. The molecule has 0 saturated heterocycles. The van der Waals surface area contributed by atoms with E-state index in [1.807, 2.05) is 24.3 Å². The minimum atomic E-state index is 0.180. The minimum absolute atomic E-state index is 0.180. The van der Waals surface area contributed by atoms with Gasteiger partial charge in [-0.05, 0) is 24.7 Å². The molecule has 0 amide bonds. The van der Waals surface area contributed by atoms with Gasteiger partial charge in [-0.25, -0.2) is 12.2 Å². The van der Waals surface area contributed by atoms with Gasteiger partial charge in [0.1, 0.15) is 0 Å². The maximum atomic E-state index is 5.88. The van der Waals surface area contributed by atoms with Crippen LogP contribution in [0.15, 0.2) is 97.1 Å². The second-order valence-electron chi connectivity index (χ2n) is 13.9. The van der Waals surface area contributed by atoms with Gasteiger partial charge in [-0.2, -0.15) is 6.08 Å². The van der Waals surface area contributed by atoms with Crippen molar-refractivity contribution in [2.24, 2.45) is 0 Å². The molecule has 0 spiro atoms. The van der Waals surface area contributed by atoms with E-state index in [4.69, 9.17) is 11.6 Å². The van der Waals surface area contributed by atoms with Crippen LogP contribution in [0, 0.1) is 26.8 Å². The molecule has 0 fully saturated rings. The fraction of sp³-hybridized carbons (Fsp3) is 0.286. The van der Waals surface area contributed by atoms with Crippen LogP contribution in [0.25, 0.3) is 21.5 Å². The van der Waals surface area contributed by atoms with Gasteiger partial charge in [-0.3, -0.25) is 6.08 Å². The Labute approximate surface area is 285 Å². The van der Waals surface area contributed by atoms with Gasteiger partial charge in [-0.1, -0.05) is 75.9 Å². The van der Waals surface area contributed by atoms with Gasteiger partial charge in [-0.15, -0.1) is 46.2 Å². The van der Waals surface area contributed by atoms with Gasteiger partial charge < -0.3 is 0 Å². The zero-order chi connectivity index (χ0) is 32.2. The Balaban J connectivity index is 0.000000181. The number of halogens is 1. The Bertz CT molecular complexity index is 1680. The average Bonchev–Trinajstić information content (AvgIpc) is 3.63. The molecule has 2 heteroatoms. The first kappa shape index (κ1) is 34.2. The molecule has 0 heterocycles. The third kappa shape index (κ3) is 8.50. The van der Waals surface area contributed by atoms with Crippen molar-refractivity contribution in [3.05, 3.63) is 147 Å². The van der Waals surface area contributed by atoms with Crippen molar-refractivity contribution >= 4 is 36.4 Å². The van der Waals surface area contributed by atoms with E-state index in [-0.39, 0.29) is 10.8 Å². The second-order valence-corrected chi connectivity index (χ2v) is 15.6. The molecule has 0 aliphatic heterocycles. The van der Waals surface area contributed by atoms with Crippen molar-refractivity contribution in [1.82, 2.24) is 0 Å². The molecule has 0 bridgehead atoms. The smallest absolute Gasteiger partial charge is 0.109 e. The van der Waals surface area contributed by atoms with Crippen molar-refractivity contribution < 1.29 is 24.2 Å². The summed E-state index contributed by atoms with van der Waals surface area (Å²) in [5.41, 5.74) is 9.91. The summed E-state index contributed by atoms with van der Waals surface area (Å²) < 4.78 is 1.36. The Morgan fingerprint density at radius 2 is 1.16 bits per heavy atom. The third-order valence-corrected chi connectivity index (χ3v) is 9.74. The van der Waals surface area contributed by atoms with Gasteiger partial charge in [0, 0.05) is 0 Å². The van der Waals surface area contributed by atoms with E-state index in [0.717, 1.165) is 11.4 Å². The molecule has 0 N–H and O–H groups in total. The molecule has 5 aromatic carbocycles. The van der Waals surface area contributed by atoms with Crippen molar-refractivity contribution in [1.29, 1.82) is 0 Å². The maximum Gasteiger partial charge on any atom is -0.109 e. The standard InChI is InChI=1S/C23H29.C14H11Cl.C5H5.Zr/c1-14-9-16-11-17-10-15(2)21(23(6,7)8)13-19(17)18(16)12-20(14)22(3,4)5;1-11-2-4-12(5-3-11)10-13-6-8-14(15)9-7-13;1-2-4-5-3-1;/h9-13H,1-8H3;2-9H,1H3;1-3H,4H2;/q-1;;-1;+2. The fourth-order valence-electron chi connectivity index (χ4n) is 5.79. The maximum absolute atomic E-state index is 5.88. The quantitative estimate of drug-likeness (QED) is 0.163. The Kier molecular flexibility index (Phi) is 11.0. The predicted octanol–water partition coefficient (Wildman–Crippen LogP) is 12.0. The van der Waals surface area contributed by atoms with Crippen LogP contribution in [-0.2, 0) is 35.1 Å². The number of hydrogen-bond donors (Lipinski definition) is 0. The number of rotatable bonds is 2. The Hall–Kier alpha value is -2.73. The van der Waals surface area contributed by atoms with Crippen LogP contribution in [0.5, 0.6) is 0 Å². The molecule has 0 saturated carbocycles. The van der Waals surface area contributed by atoms with Crippen LogP contribution < -0.4 is 0 Å². The SMILES string of the molecule is Cc1cc2[cH-]c3cc(C)c(C(C)(C)C)cc3c2cc1C(C)(C)C.Cc1ccc([C](=[Zr+2])c2ccc(Cl)cc2)cc1.[C-]1=CC=CC1.